The molecular formula is C13H26N2O. The van der Waals surface area contributed by atoms with Crippen LogP contribution in [0.1, 0.15) is 47.0 Å². The lowest BCUT2D eigenvalue weighted by Gasteiger charge is -2.24. The molecule has 3 nitrogen and oxygen atoms in total. The Kier molecular flexibility index (Phi) is 4.36. The van der Waals surface area contributed by atoms with Crippen molar-refractivity contribution in [1.29, 1.82) is 0 Å². The van der Waals surface area contributed by atoms with E-state index in [4.69, 9.17) is 5.73 Å². The van der Waals surface area contributed by atoms with Crippen LogP contribution in [0.5, 0.6) is 0 Å². The van der Waals surface area contributed by atoms with Gasteiger partial charge in [0.2, 0.25) is 5.91 Å². The summed E-state index contributed by atoms with van der Waals surface area (Å²) in [7, 11) is 0. The molecular weight excluding hydrogens is 200 g/mol. The fraction of sp³-hybridized carbons (Fsp3) is 0.923. The molecule has 0 bridgehead atoms. The molecule has 1 rings (SSSR count). The predicted octanol–water partition coefficient (Wildman–Crippen LogP) is 1.91. The minimum Gasteiger partial charge on any atom is -0.353 e. The summed E-state index contributed by atoms with van der Waals surface area (Å²) in [5, 5.41) is 3.11. The molecule has 3 unspecified atom stereocenters. The predicted molar refractivity (Wildman–Crippen MR) is 66.9 cm³/mol. The van der Waals surface area contributed by atoms with E-state index in [1.165, 1.54) is 0 Å². The first-order valence-corrected chi connectivity index (χ1v) is 6.37. The van der Waals surface area contributed by atoms with Gasteiger partial charge < -0.3 is 11.1 Å². The maximum absolute atomic E-state index is 12.0. The summed E-state index contributed by atoms with van der Waals surface area (Å²) in [4.78, 5) is 12.0. The molecule has 1 aliphatic carbocycles. The highest BCUT2D eigenvalue weighted by Crippen LogP contribution is 2.33. The van der Waals surface area contributed by atoms with Crippen LogP contribution in [0.3, 0.4) is 0 Å². The Labute approximate surface area is 99.2 Å². The van der Waals surface area contributed by atoms with Crippen LogP contribution in [-0.4, -0.2) is 18.5 Å². The van der Waals surface area contributed by atoms with Crippen molar-refractivity contribution in [3.63, 3.8) is 0 Å². The molecule has 1 fully saturated rings. The lowest BCUT2D eigenvalue weighted by Crippen LogP contribution is -2.38. The fourth-order valence-corrected chi connectivity index (χ4v) is 2.20. The second-order valence-corrected chi connectivity index (χ2v) is 6.22. The molecule has 94 valence electrons. The third-order valence-corrected chi connectivity index (χ3v) is 3.29. The van der Waals surface area contributed by atoms with E-state index in [1.807, 2.05) is 0 Å². The van der Waals surface area contributed by atoms with Gasteiger partial charge in [-0.1, -0.05) is 34.1 Å². The van der Waals surface area contributed by atoms with Crippen molar-refractivity contribution in [3.05, 3.63) is 0 Å². The zero-order valence-corrected chi connectivity index (χ0v) is 11.0. The van der Waals surface area contributed by atoms with Crippen LogP contribution in [-0.2, 0) is 4.79 Å². The molecule has 0 aromatic heterocycles. The maximum atomic E-state index is 12.0. The summed E-state index contributed by atoms with van der Waals surface area (Å²) >= 11 is 0. The van der Waals surface area contributed by atoms with Crippen molar-refractivity contribution in [2.45, 2.75) is 53.0 Å². The molecule has 0 saturated heterocycles. The van der Waals surface area contributed by atoms with E-state index in [-0.39, 0.29) is 17.2 Å². The van der Waals surface area contributed by atoms with Crippen molar-refractivity contribution in [3.8, 4) is 0 Å². The number of hydrogen-bond acceptors (Lipinski definition) is 2. The molecule has 3 heteroatoms. The van der Waals surface area contributed by atoms with Gasteiger partial charge in [-0.25, -0.2) is 0 Å². The van der Waals surface area contributed by atoms with Gasteiger partial charge in [-0.05, 0) is 24.2 Å². The third-order valence-electron chi connectivity index (χ3n) is 3.29. The fourth-order valence-electron chi connectivity index (χ4n) is 2.20. The number of nitrogens with two attached hydrogens (primary N) is 1. The van der Waals surface area contributed by atoms with E-state index < -0.39 is 0 Å². The highest BCUT2D eigenvalue weighted by Gasteiger charge is 2.37. The third kappa shape index (κ3) is 4.12. The topological polar surface area (TPSA) is 55.1 Å². The molecule has 3 N–H and O–H groups in total. The Balaban J connectivity index is 2.38. The first-order valence-electron chi connectivity index (χ1n) is 6.37. The molecule has 0 heterocycles. The maximum Gasteiger partial charge on any atom is 0.224 e. The van der Waals surface area contributed by atoms with Crippen molar-refractivity contribution in [1.82, 2.24) is 5.32 Å². The standard InChI is InChI=1S/C13H26N2O/c1-5-9-6-11(9)15-12(16)10(8-14)7-13(2,3)4/h9-11H,5-8,14H2,1-4H3,(H,15,16). The molecule has 0 aliphatic heterocycles. The summed E-state index contributed by atoms with van der Waals surface area (Å²) in [5.41, 5.74) is 5.85. The number of rotatable bonds is 5. The Hall–Kier alpha value is -0.570. The summed E-state index contributed by atoms with van der Waals surface area (Å²) in [6, 6.07) is 0.423. The van der Waals surface area contributed by atoms with Crippen molar-refractivity contribution in [2.75, 3.05) is 6.54 Å². The zero-order valence-electron chi connectivity index (χ0n) is 11.0. The first-order chi connectivity index (χ1) is 7.37. The normalized spacial score (nSPS) is 26.3. The van der Waals surface area contributed by atoms with E-state index >= 15 is 0 Å². The Morgan fingerprint density at radius 2 is 2.12 bits per heavy atom. The SMILES string of the molecule is CCC1CC1NC(=O)C(CN)CC(C)(C)C. The van der Waals surface area contributed by atoms with Crippen LogP contribution in [0.4, 0.5) is 0 Å². The van der Waals surface area contributed by atoms with E-state index in [0.717, 1.165) is 19.3 Å². The lowest BCUT2D eigenvalue weighted by molar-refractivity contribution is -0.125. The van der Waals surface area contributed by atoms with Crippen molar-refractivity contribution < 1.29 is 4.79 Å². The molecule has 16 heavy (non-hydrogen) atoms. The molecule has 0 radical (unpaired) electrons. The Morgan fingerprint density at radius 3 is 2.50 bits per heavy atom. The minimum atomic E-state index is -0.0295. The average molecular weight is 226 g/mol. The minimum absolute atomic E-state index is 0.0295. The molecule has 0 aromatic rings. The Morgan fingerprint density at radius 1 is 1.50 bits per heavy atom. The van der Waals surface area contributed by atoms with Crippen LogP contribution >= 0.6 is 0 Å². The molecule has 1 amide bonds. The second-order valence-electron chi connectivity index (χ2n) is 6.22. The van der Waals surface area contributed by atoms with Crippen molar-refractivity contribution in [2.24, 2.45) is 23.0 Å². The van der Waals surface area contributed by atoms with E-state index in [0.29, 0.717) is 18.5 Å². The zero-order chi connectivity index (χ0) is 12.3. The van der Waals surface area contributed by atoms with Crippen LogP contribution in [0, 0.1) is 17.3 Å². The van der Waals surface area contributed by atoms with Crippen LogP contribution in [0.2, 0.25) is 0 Å². The van der Waals surface area contributed by atoms with Gasteiger partial charge in [0.25, 0.3) is 0 Å². The quantitative estimate of drug-likeness (QED) is 0.752. The van der Waals surface area contributed by atoms with Gasteiger partial charge in [0, 0.05) is 12.6 Å². The van der Waals surface area contributed by atoms with Gasteiger partial charge in [0.15, 0.2) is 0 Å². The number of amides is 1. The van der Waals surface area contributed by atoms with Gasteiger partial charge in [-0.15, -0.1) is 0 Å². The second kappa shape index (κ2) is 5.17. The van der Waals surface area contributed by atoms with Gasteiger partial charge in [0.1, 0.15) is 0 Å². The monoisotopic (exact) mass is 226 g/mol. The Bertz CT molecular complexity index is 245. The average Bonchev–Trinajstić information content (AvgIpc) is 2.91. The van der Waals surface area contributed by atoms with E-state index in [1.54, 1.807) is 0 Å². The number of nitrogens with one attached hydrogen (secondary N) is 1. The van der Waals surface area contributed by atoms with Gasteiger partial charge in [-0.3, -0.25) is 4.79 Å². The lowest BCUT2D eigenvalue weighted by atomic mass is 9.84. The van der Waals surface area contributed by atoms with E-state index in [9.17, 15) is 4.79 Å². The van der Waals surface area contributed by atoms with Gasteiger partial charge in [0.05, 0.1) is 5.92 Å². The number of hydrogen-bond donors (Lipinski definition) is 2. The molecule has 1 aliphatic rings. The highest BCUT2D eigenvalue weighted by atomic mass is 16.2. The smallest absolute Gasteiger partial charge is 0.224 e. The van der Waals surface area contributed by atoms with Gasteiger partial charge >= 0.3 is 0 Å². The van der Waals surface area contributed by atoms with Crippen LogP contribution in [0.15, 0.2) is 0 Å². The first kappa shape index (κ1) is 13.5. The molecule has 0 spiro atoms. The molecule has 1 saturated carbocycles. The number of carbonyl (C=O) groups excluding carboxylic acids is 1. The summed E-state index contributed by atoms with van der Waals surface area (Å²) in [5.74, 6) is 0.827. The van der Waals surface area contributed by atoms with Crippen molar-refractivity contribution >= 4 is 5.91 Å². The van der Waals surface area contributed by atoms with E-state index in [2.05, 4.69) is 33.0 Å². The highest BCUT2D eigenvalue weighted by molar-refractivity contribution is 5.79. The largest absolute Gasteiger partial charge is 0.353 e. The van der Waals surface area contributed by atoms with Crippen LogP contribution < -0.4 is 11.1 Å². The summed E-state index contributed by atoms with van der Waals surface area (Å²) in [6.45, 7) is 9.07. The molecule has 3 atom stereocenters. The summed E-state index contributed by atoms with van der Waals surface area (Å²) < 4.78 is 0. The molecule has 0 aromatic carbocycles. The van der Waals surface area contributed by atoms with Crippen LogP contribution in [0.25, 0.3) is 0 Å². The summed E-state index contributed by atoms with van der Waals surface area (Å²) in [6.07, 6.45) is 3.17. The van der Waals surface area contributed by atoms with Gasteiger partial charge in [-0.2, -0.15) is 0 Å². The number of carbonyl (C=O) groups is 1.